The largest absolute Gasteiger partial charge is 0.480 e. The number of hydrogen-bond donors (Lipinski definition) is 2. The van der Waals surface area contributed by atoms with Gasteiger partial charge in [-0.15, -0.1) is 0 Å². The average molecular weight is 268 g/mol. The van der Waals surface area contributed by atoms with E-state index in [1.165, 1.54) is 0 Å². The molecule has 2 N–H and O–H groups in total. The fourth-order valence-electron chi connectivity index (χ4n) is 3.45. The van der Waals surface area contributed by atoms with Crippen molar-refractivity contribution in [2.45, 2.75) is 39.2 Å². The van der Waals surface area contributed by atoms with Crippen molar-refractivity contribution in [3.8, 4) is 0 Å². The molecule has 2 aliphatic rings. The zero-order valence-electron chi connectivity index (χ0n) is 11.8. The first-order valence-corrected chi connectivity index (χ1v) is 7.22. The van der Waals surface area contributed by atoms with Crippen LogP contribution in [0.4, 0.5) is 0 Å². The monoisotopic (exact) mass is 268 g/mol. The summed E-state index contributed by atoms with van der Waals surface area (Å²) >= 11 is 0. The highest BCUT2D eigenvalue weighted by atomic mass is 16.4. The molecule has 5 heteroatoms. The number of carboxylic acid groups (broad SMARTS) is 1. The lowest BCUT2D eigenvalue weighted by molar-refractivity contribution is -0.144. The van der Waals surface area contributed by atoms with Crippen LogP contribution in [0.1, 0.15) is 33.1 Å². The second kappa shape index (κ2) is 5.90. The van der Waals surface area contributed by atoms with Gasteiger partial charge in [-0.3, -0.25) is 14.5 Å². The lowest BCUT2D eigenvalue weighted by Crippen LogP contribution is -2.45. The van der Waals surface area contributed by atoms with E-state index in [4.69, 9.17) is 0 Å². The normalized spacial score (nSPS) is 30.6. The Bertz CT molecular complexity index is 357. The molecule has 0 bridgehead atoms. The third-order valence-corrected chi connectivity index (χ3v) is 4.29. The summed E-state index contributed by atoms with van der Waals surface area (Å²) in [5, 5.41) is 12.2. The predicted octanol–water partition coefficient (Wildman–Crippen LogP) is 0.944. The van der Waals surface area contributed by atoms with Crippen molar-refractivity contribution in [1.82, 2.24) is 10.2 Å². The van der Waals surface area contributed by atoms with Gasteiger partial charge in [-0.2, -0.15) is 0 Å². The summed E-state index contributed by atoms with van der Waals surface area (Å²) in [7, 11) is 0. The van der Waals surface area contributed by atoms with Crippen LogP contribution in [0.15, 0.2) is 0 Å². The van der Waals surface area contributed by atoms with Crippen molar-refractivity contribution >= 4 is 11.9 Å². The molecule has 2 rings (SSSR count). The molecular weight excluding hydrogens is 244 g/mol. The Morgan fingerprint density at radius 2 is 2.11 bits per heavy atom. The number of aliphatic carboxylic acids is 1. The van der Waals surface area contributed by atoms with Gasteiger partial charge in [0.05, 0.1) is 6.54 Å². The molecule has 3 unspecified atom stereocenters. The van der Waals surface area contributed by atoms with Crippen LogP contribution < -0.4 is 5.32 Å². The Kier molecular flexibility index (Phi) is 4.45. The number of carbonyl (C=O) groups is 2. The van der Waals surface area contributed by atoms with Crippen molar-refractivity contribution in [1.29, 1.82) is 0 Å². The second-order valence-electron chi connectivity index (χ2n) is 6.27. The molecule has 1 amide bonds. The molecule has 0 spiro atoms. The Balaban J connectivity index is 1.92. The SMILES string of the molecule is CC(C)CNC(=O)CN1CC2CCCC2C1C(=O)O. The number of amides is 1. The van der Waals surface area contributed by atoms with Gasteiger partial charge >= 0.3 is 5.97 Å². The van der Waals surface area contributed by atoms with Crippen LogP contribution >= 0.6 is 0 Å². The number of carbonyl (C=O) groups excluding carboxylic acids is 1. The smallest absolute Gasteiger partial charge is 0.321 e. The molecule has 0 aromatic heterocycles. The molecule has 1 aliphatic carbocycles. The molecule has 0 radical (unpaired) electrons. The quantitative estimate of drug-likeness (QED) is 0.778. The highest BCUT2D eigenvalue weighted by molar-refractivity contribution is 5.80. The maximum atomic E-state index is 11.8. The van der Waals surface area contributed by atoms with E-state index >= 15 is 0 Å². The van der Waals surface area contributed by atoms with E-state index in [1.54, 1.807) is 0 Å². The summed E-state index contributed by atoms with van der Waals surface area (Å²) in [5.74, 6) is 0.303. The highest BCUT2D eigenvalue weighted by Gasteiger charge is 2.47. The summed E-state index contributed by atoms with van der Waals surface area (Å²) in [6.07, 6.45) is 3.23. The minimum atomic E-state index is -0.772. The molecular formula is C14H24N2O3. The molecule has 1 heterocycles. The van der Waals surface area contributed by atoms with Crippen molar-refractivity contribution in [3.05, 3.63) is 0 Å². The zero-order chi connectivity index (χ0) is 14.0. The fraction of sp³-hybridized carbons (Fsp3) is 0.857. The summed E-state index contributed by atoms with van der Waals surface area (Å²) in [4.78, 5) is 25.1. The lowest BCUT2D eigenvalue weighted by atomic mass is 9.94. The van der Waals surface area contributed by atoms with Gasteiger partial charge in [0.2, 0.25) is 5.91 Å². The van der Waals surface area contributed by atoms with E-state index in [2.05, 4.69) is 5.32 Å². The Morgan fingerprint density at radius 3 is 2.74 bits per heavy atom. The van der Waals surface area contributed by atoms with E-state index in [1.807, 2.05) is 18.7 Å². The van der Waals surface area contributed by atoms with Crippen LogP contribution in [0.3, 0.4) is 0 Å². The molecule has 1 saturated carbocycles. The molecule has 5 nitrogen and oxygen atoms in total. The number of nitrogens with zero attached hydrogens (tertiary/aromatic N) is 1. The Labute approximate surface area is 114 Å². The molecule has 19 heavy (non-hydrogen) atoms. The van der Waals surface area contributed by atoms with Crippen molar-refractivity contribution in [2.24, 2.45) is 17.8 Å². The van der Waals surface area contributed by atoms with E-state index < -0.39 is 12.0 Å². The maximum Gasteiger partial charge on any atom is 0.321 e. The average Bonchev–Trinajstić information content (AvgIpc) is 2.85. The van der Waals surface area contributed by atoms with Crippen molar-refractivity contribution in [2.75, 3.05) is 19.6 Å². The molecule has 1 saturated heterocycles. The Morgan fingerprint density at radius 1 is 1.37 bits per heavy atom. The van der Waals surface area contributed by atoms with Gasteiger partial charge in [-0.25, -0.2) is 0 Å². The minimum Gasteiger partial charge on any atom is -0.480 e. The predicted molar refractivity (Wildman–Crippen MR) is 71.7 cm³/mol. The van der Waals surface area contributed by atoms with Crippen molar-refractivity contribution < 1.29 is 14.7 Å². The second-order valence-corrected chi connectivity index (χ2v) is 6.27. The summed E-state index contributed by atoms with van der Waals surface area (Å²) < 4.78 is 0. The topological polar surface area (TPSA) is 69.6 Å². The van der Waals surface area contributed by atoms with Crippen molar-refractivity contribution in [3.63, 3.8) is 0 Å². The van der Waals surface area contributed by atoms with Gasteiger partial charge in [0.25, 0.3) is 0 Å². The molecule has 3 atom stereocenters. The number of nitrogens with one attached hydrogen (secondary N) is 1. The van der Waals surface area contributed by atoms with Crippen LogP contribution in [-0.2, 0) is 9.59 Å². The van der Waals surface area contributed by atoms with Gasteiger partial charge < -0.3 is 10.4 Å². The maximum absolute atomic E-state index is 11.8. The lowest BCUT2D eigenvalue weighted by Gasteiger charge is -2.23. The third kappa shape index (κ3) is 3.26. The number of fused-ring (bicyclic) bond motifs is 1. The first-order chi connectivity index (χ1) is 8.99. The molecule has 0 aromatic rings. The molecule has 1 aliphatic heterocycles. The highest BCUT2D eigenvalue weighted by Crippen LogP contribution is 2.41. The summed E-state index contributed by atoms with van der Waals surface area (Å²) in [6.45, 7) is 5.71. The van der Waals surface area contributed by atoms with Crippen LogP contribution in [0.5, 0.6) is 0 Å². The van der Waals surface area contributed by atoms with Gasteiger partial charge in [0.1, 0.15) is 6.04 Å². The first-order valence-electron chi connectivity index (χ1n) is 7.22. The Hall–Kier alpha value is -1.10. The molecule has 0 aromatic carbocycles. The number of hydrogen-bond acceptors (Lipinski definition) is 3. The molecule has 108 valence electrons. The standard InChI is InChI=1S/C14H24N2O3/c1-9(2)6-15-12(17)8-16-7-10-4-3-5-11(10)13(16)14(18)19/h9-11,13H,3-8H2,1-2H3,(H,15,17)(H,18,19). The van der Waals surface area contributed by atoms with Gasteiger partial charge in [-0.05, 0) is 30.6 Å². The van der Waals surface area contributed by atoms with Gasteiger partial charge in [-0.1, -0.05) is 20.3 Å². The van der Waals surface area contributed by atoms with E-state index in [9.17, 15) is 14.7 Å². The number of rotatable bonds is 5. The zero-order valence-corrected chi connectivity index (χ0v) is 11.8. The van der Waals surface area contributed by atoms with Gasteiger partial charge in [0, 0.05) is 13.1 Å². The van der Waals surface area contributed by atoms with Crippen LogP contribution in [0.25, 0.3) is 0 Å². The fourth-order valence-corrected chi connectivity index (χ4v) is 3.45. The van der Waals surface area contributed by atoms with E-state index in [0.29, 0.717) is 18.4 Å². The summed E-state index contributed by atoms with van der Waals surface area (Å²) in [5.41, 5.74) is 0. The number of carboxylic acids is 1. The first kappa shape index (κ1) is 14.3. The van der Waals surface area contributed by atoms with Crippen LogP contribution in [0.2, 0.25) is 0 Å². The van der Waals surface area contributed by atoms with E-state index in [-0.39, 0.29) is 18.4 Å². The summed E-state index contributed by atoms with van der Waals surface area (Å²) in [6, 6.07) is -0.461. The molecule has 2 fully saturated rings. The number of likely N-dealkylation sites (tertiary alicyclic amines) is 1. The van der Waals surface area contributed by atoms with Crippen LogP contribution in [-0.4, -0.2) is 47.6 Å². The van der Waals surface area contributed by atoms with E-state index in [0.717, 1.165) is 25.8 Å². The third-order valence-electron chi connectivity index (χ3n) is 4.29. The van der Waals surface area contributed by atoms with Crippen LogP contribution in [0, 0.1) is 17.8 Å². The van der Waals surface area contributed by atoms with Gasteiger partial charge in [0.15, 0.2) is 0 Å². The minimum absolute atomic E-state index is 0.0556.